The number of aliphatic imine (C=N–C) groups is 1. The van der Waals surface area contributed by atoms with Crippen molar-refractivity contribution in [2.24, 2.45) is 4.99 Å². The maximum atomic E-state index is 6.49. The molecule has 0 fully saturated rings. The summed E-state index contributed by atoms with van der Waals surface area (Å²) in [6, 6.07) is 14.0. The van der Waals surface area contributed by atoms with Gasteiger partial charge in [-0.15, -0.1) is 11.8 Å². The van der Waals surface area contributed by atoms with Gasteiger partial charge < -0.3 is 0 Å². The average molecular weight is 388 g/mol. The third-order valence-corrected chi connectivity index (χ3v) is 5.94. The van der Waals surface area contributed by atoms with Crippen molar-refractivity contribution < 1.29 is 0 Å². The molecule has 0 bridgehead atoms. The number of allylic oxidation sites excluding steroid dienone is 4. The van der Waals surface area contributed by atoms with Gasteiger partial charge in [-0.2, -0.15) is 0 Å². The highest BCUT2D eigenvalue weighted by Gasteiger charge is 2.23. The molecule has 1 heterocycles. The minimum atomic E-state index is 0.195. The van der Waals surface area contributed by atoms with Gasteiger partial charge >= 0.3 is 0 Å². The maximum Gasteiger partial charge on any atom is 0.0769 e. The minimum absolute atomic E-state index is 0.195. The first-order valence-corrected chi connectivity index (χ1v) is 9.80. The number of para-hydroxylation sites is 1. The van der Waals surface area contributed by atoms with Crippen molar-refractivity contribution in [3.05, 3.63) is 81.9 Å². The lowest BCUT2D eigenvalue weighted by molar-refractivity contribution is 1.01. The van der Waals surface area contributed by atoms with E-state index >= 15 is 0 Å². The summed E-state index contributed by atoms with van der Waals surface area (Å²) in [6.07, 6.45) is 7.00. The number of rotatable bonds is 3. The highest BCUT2D eigenvalue weighted by atomic mass is 35.5. The molecule has 1 unspecified atom stereocenters. The predicted molar refractivity (Wildman–Crippen MR) is 112 cm³/mol. The molecule has 1 atom stereocenters. The molecule has 2 aromatic carbocycles. The summed E-state index contributed by atoms with van der Waals surface area (Å²) in [5.74, 6) is 0. The molecule has 128 valence electrons. The molecule has 0 saturated carbocycles. The summed E-state index contributed by atoms with van der Waals surface area (Å²) < 4.78 is 0. The van der Waals surface area contributed by atoms with Crippen molar-refractivity contribution in [2.45, 2.75) is 30.4 Å². The largest absolute Gasteiger partial charge is 0.252 e. The van der Waals surface area contributed by atoms with Crippen LogP contribution in [0.3, 0.4) is 0 Å². The Labute approximate surface area is 163 Å². The second-order valence-electron chi connectivity index (χ2n) is 5.88. The van der Waals surface area contributed by atoms with Gasteiger partial charge in [0.15, 0.2) is 0 Å². The fourth-order valence-electron chi connectivity index (χ4n) is 2.73. The van der Waals surface area contributed by atoms with Crippen LogP contribution in [0, 0.1) is 0 Å². The predicted octanol–water partition coefficient (Wildman–Crippen LogP) is 7.83. The standard InChI is InChI=1S/C21H19Cl2NS/c1-3-4-7-14(2)19-13-21(16-11-10-15(22)12-17(16)23)25-20-9-6-5-8-18(20)24-19/h3-12,21H,13H2,1-2H3/b4-3-,14-7+. The Kier molecular flexibility index (Phi) is 6.06. The fraction of sp³-hybridized carbons (Fsp3) is 0.190. The van der Waals surface area contributed by atoms with Gasteiger partial charge in [0.1, 0.15) is 0 Å². The van der Waals surface area contributed by atoms with Crippen LogP contribution in [0.25, 0.3) is 0 Å². The third kappa shape index (κ3) is 4.38. The molecule has 0 N–H and O–H groups in total. The van der Waals surface area contributed by atoms with E-state index in [1.54, 1.807) is 0 Å². The Morgan fingerprint density at radius 1 is 1.20 bits per heavy atom. The number of hydrogen-bond acceptors (Lipinski definition) is 2. The topological polar surface area (TPSA) is 12.4 Å². The molecule has 0 aliphatic carbocycles. The fourth-order valence-corrected chi connectivity index (χ4v) is 4.61. The molecule has 3 rings (SSSR count). The van der Waals surface area contributed by atoms with Crippen LogP contribution < -0.4 is 0 Å². The van der Waals surface area contributed by atoms with Crippen LogP contribution in [0.5, 0.6) is 0 Å². The van der Waals surface area contributed by atoms with E-state index in [4.69, 9.17) is 28.2 Å². The summed E-state index contributed by atoms with van der Waals surface area (Å²) >= 11 is 14.4. The zero-order valence-electron chi connectivity index (χ0n) is 14.2. The van der Waals surface area contributed by atoms with Crippen molar-refractivity contribution in [2.75, 3.05) is 0 Å². The molecule has 1 nitrogen and oxygen atoms in total. The zero-order valence-corrected chi connectivity index (χ0v) is 16.5. The lowest BCUT2D eigenvalue weighted by Gasteiger charge is -2.18. The Morgan fingerprint density at radius 2 is 2.00 bits per heavy atom. The Balaban J connectivity index is 2.06. The number of nitrogens with zero attached hydrogens (tertiary/aromatic N) is 1. The number of thioether (sulfide) groups is 1. The summed E-state index contributed by atoms with van der Waals surface area (Å²) in [7, 11) is 0. The van der Waals surface area contributed by atoms with E-state index < -0.39 is 0 Å². The molecule has 1 aliphatic heterocycles. The van der Waals surface area contributed by atoms with E-state index in [9.17, 15) is 0 Å². The molecule has 0 amide bonds. The Hall–Kier alpha value is -1.48. The first-order chi connectivity index (χ1) is 12.1. The first-order valence-electron chi connectivity index (χ1n) is 8.16. The van der Waals surface area contributed by atoms with E-state index in [-0.39, 0.29) is 5.25 Å². The van der Waals surface area contributed by atoms with Crippen LogP contribution in [0.2, 0.25) is 10.0 Å². The van der Waals surface area contributed by atoms with Gasteiger partial charge in [0.2, 0.25) is 0 Å². The second-order valence-corrected chi connectivity index (χ2v) is 7.97. The summed E-state index contributed by atoms with van der Waals surface area (Å²) in [5.41, 5.74) is 4.37. The smallest absolute Gasteiger partial charge is 0.0769 e. The molecular weight excluding hydrogens is 369 g/mol. The van der Waals surface area contributed by atoms with E-state index in [1.165, 1.54) is 10.5 Å². The van der Waals surface area contributed by atoms with Crippen molar-refractivity contribution in [3.63, 3.8) is 0 Å². The second kappa shape index (κ2) is 8.27. The van der Waals surface area contributed by atoms with Gasteiger partial charge in [0.25, 0.3) is 0 Å². The van der Waals surface area contributed by atoms with Crippen LogP contribution in [0.15, 0.2) is 76.2 Å². The van der Waals surface area contributed by atoms with Crippen molar-refractivity contribution in [3.8, 4) is 0 Å². The van der Waals surface area contributed by atoms with Crippen LogP contribution in [0.1, 0.15) is 31.1 Å². The highest BCUT2D eigenvalue weighted by Crippen LogP contribution is 2.47. The molecule has 25 heavy (non-hydrogen) atoms. The molecule has 1 aliphatic rings. The molecular formula is C21H19Cl2NS. The van der Waals surface area contributed by atoms with Gasteiger partial charge in [0, 0.05) is 32.3 Å². The molecule has 2 aromatic rings. The quantitative estimate of drug-likeness (QED) is 0.488. The highest BCUT2D eigenvalue weighted by molar-refractivity contribution is 7.99. The van der Waals surface area contributed by atoms with Crippen LogP contribution in [0.4, 0.5) is 5.69 Å². The monoisotopic (exact) mass is 387 g/mol. The molecule has 0 radical (unpaired) electrons. The van der Waals surface area contributed by atoms with Crippen molar-refractivity contribution in [1.82, 2.24) is 0 Å². The Morgan fingerprint density at radius 3 is 2.76 bits per heavy atom. The Bertz CT molecular complexity index is 868. The first kappa shape index (κ1) is 18.3. The maximum absolute atomic E-state index is 6.49. The van der Waals surface area contributed by atoms with E-state index in [2.05, 4.69) is 31.2 Å². The van der Waals surface area contributed by atoms with Crippen molar-refractivity contribution >= 4 is 46.4 Å². The summed E-state index contributed by atoms with van der Waals surface area (Å²) in [5, 5.41) is 1.56. The molecule has 0 aromatic heterocycles. The lowest BCUT2D eigenvalue weighted by atomic mass is 10.0. The van der Waals surface area contributed by atoms with Gasteiger partial charge in [-0.3, -0.25) is 4.99 Å². The average Bonchev–Trinajstić information content (AvgIpc) is 2.79. The lowest BCUT2D eigenvalue weighted by Crippen LogP contribution is -2.05. The molecule has 0 saturated heterocycles. The van der Waals surface area contributed by atoms with Crippen molar-refractivity contribution in [1.29, 1.82) is 0 Å². The number of hydrogen-bond donors (Lipinski definition) is 0. The van der Waals surface area contributed by atoms with Crippen LogP contribution in [-0.4, -0.2) is 5.71 Å². The molecule has 4 heteroatoms. The van der Waals surface area contributed by atoms with Gasteiger partial charge in [-0.25, -0.2) is 0 Å². The number of halogens is 2. The SMILES string of the molecule is C/C=C\C=C(/C)C1=Nc2ccccc2SC(c2ccc(Cl)cc2Cl)C1. The summed E-state index contributed by atoms with van der Waals surface area (Å²) in [6.45, 7) is 4.12. The van der Waals surface area contributed by atoms with E-state index in [0.717, 1.165) is 23.4 Å². The van der Waals surface area contributed by atoms with E-state index in [0.29, 0.717) is 10.0 Å². The van der Waals surface area contributed by atoms with Gasteiger partial charge in [0.05, 0.1) is 5.69 Å². The van der Waals surface area contributed by atoms with Crippen LogP contribution >= 0.6 is 35.0 Å². The summed E-state index contributed by atoms with van der Waals surface area (Å²) in [4.78, 5) is 6.11. The number of fused-ring (bicyclic) bond motifs is 1. The van der Waals surface area contributed by atoms with Crippen LogP contribution in [-0.2, 0) is 0 Å². The van der Waals surface area contributed by atoms with Gasteiger partial charge in [-0.1, -0.05) is 59.6 Å². The third-order valence-electron chi connectivity index (χ3n) is 4.07. The zero-order chi connectivity index (χ0) is 17.8. The minimum Gasteiger partial charge on any atom is -0.252 e. The number of benzene rings is 2. The molecule has 0 spiro atoms. The van der Waals surface area contributed by atoms with Gasteiger partial charge in [-0.05, 0) is 49.2 Å². The normalized spacial score (nSPS) is 18.0. The van der Waals surface area contributed by atoms with E-state index in [1.807, 2.05) is 55.1 Å².